The zero-order valence-electron chi connectivity index (χ0n) is 25.1. The number of carbonyl (C=O) groups is 3. The molecular weight excluding hydrogens is 548 g/mol. The normalized spacial score (nSPS) is 10.7. The number of carbonyl (C=O) groups excluding carboxylic acids is 3. The van der Waals surface area contributed by atoms with Crippen LogP contribution in [0.3, 0.4) is 0 Å². The van der Waals surface area contributed by atoms with Crippen LogP contribution in [-0.2, 0) is 4.74 Å². The Balaban J connectivity index is 1.43. The molecule has 0 amide bonds. The van der Waals surface area contributed by atoms with Gasteiger partial charge >= 0.3 is 11.9 Å². The molecular formula is C35H42O8. The molecule has 3 aromatic rings. The fourth-order valence-electron chi connectivity index (χ4n) is 4.26. The second-order valence-electron chi connectivity index (χ2n) is 10.2. The Kier molecular flexibility index (Phi) is 14.1. The number of unbranched alkanes of at least 4 members (excludes halogenated alkanes) is 6. The zero-order chi connectivity index (χ0) is 30.9. The number of hydrogen-bond acceptors (Lipinski definition) is 8. The molecule has 0 bridgehead atoms. The van der Waals surface area contributed by atoms with Gasteiger partial charge in [-0.25, -0.2) is 9.59 Å². The van der Waals surface area contributed by atoms with E-state index in [4.69, 9.17) is 18.9 Å². The van der Waals surface area contributed by atoms with Gasteiger partial charge in [0, 0.05) is 12.0 Å². The standard InChI is InChI=1S/C35H42O8/c1-3-5-7-8-9-10-22-40-28-18-14-27(15-19-28)34(38)43-30-20-21-33(37)31(25-30)35(39)42-24-23-41-29-16-12-26(13-17-29)32(36)11-6-4-2/h12-21,25,37H,3-11,22-24H2,1-2H3. The van der Waals surface area contributed by atoms with E-state index in [0.717, 1.165) is 25.7 Å². The van der Waals surface area contributed by atoms with E-state index in [1.807, 2.05) is 6.92 Å². The Bertz CT molecular complexity index is 1300. The predicted octanol–water partition coefficient (Wildman–Crippen LogP) is 7.96. The molecule has 0 saturated carbocycles. The summed E-state index contributed by atoms with van der Waals surface area (Å²) in [5.74, 6) is -0.308. The second kappa shape index (κ2) is 18.3. The van der Waals surface area contributed by atoms with Crippen molar-refractivity contribution < 1.29 is 38.4 Å². The molecule has 0 fully saturated rings. The van der Waals surface area contributed by atoms with Crippen molar-refractivity contribution in [1.29, 1.82) is 0 Å². The van der Waals surface area contributed by atoms with Crippen LogP contribution in [0.15, 0.2) is 66.7 Å². The van der Waals surface area contributed by atoms with Gasteiger partial charge in [0.2, 0.25) is 0 Å². The molecule has 0 spiro atoms. The number of aromatic hydroxyl groups is 1. The van der Waals surface area contributed by atoms with E-state index >= 15 is 0 Å². The monoisotopic (exact) mass is 590 g/mol. The molecule has 0 aliphatic carbocycles. The third-order valence-electron chi connectivity index (χ3n) is 6.77. The first kappa shape index (κ1) is 33.2. The van der Waals surface area contributed by atoms with Gasteiger partial charge < -0.3 is 24.1 Å². The number of ketones is 1. The summed E-state index contributed by atoms with van der Waals surface area (Å²) in [6.45, 7) is 4.86. The highest BCUT2D eigenvalue weighted by atomic mass is 16.6. The number of phenols is 1. The maximum absolute atomic E-state index is 12.7. The maximum Gasteiger partial charge on any atom is 0.343 e. The number of Topliss-reactive ketones (excluding diaryl/α,β-unsaturated/α-hetero) is 1. The molecule has 230 valence electrons. The van der Waals surface area contributed by atoms with Crippen molar-refractivity contribution in [2.24, 2.45) is 0 Å². The van der Waals surface area contributed by atoms with Crippen molar-refractivity contribution >= 4 is 17.7 Å². The fourth-order valence-corrected chi connectivity index (χ4v) is 4.26. The molecule has 43 heavy (non-hydrogen) atoms. The van der Waals surface area contributed by atoms with Gasteiger partial charge in [0.1, 0.15) is 41.8 Å². The molecule has 0 atom stereocenters. The minimum atomic E-state index is -0.789. The molecule has 8 heteroatoms. The first-order chi connectivity index (χ1) is 20.9. The smallest absolute Gasteiger partial charge is 0.343 e. The van der Waals surface area contributed by atoms with Gasteiger partial charge in [-0.1, -0.05) is 52.4 Å². The highest BCUT2D eigenvalue weighted by Crippen LogP contribution is 2.25. The third-order valence-corrected chi connectivity index (χ3v) is 6.77. The van der Waals surface area contributed by atoms with Gasteiger partial charge in [-0.2, -0.15) is 0 Å². The second-order valence-corrected chi connectivity index (χ2v) is 10.2. The van der Waals surface area contributed by atoms with Crippen molar-refractivity contribution in [1.82, 2.24) is 0 Å². The molecule has 0 unspecified atom stereocenters. The summed E-state index contributed by atoms with van der Waals surface area (Å²) in [6.07, 6.45) is 9.42. The summed E-state index contributed by atoms with van der Waals surface area (Å²) in [4.78, 5) is 37.3. The van der Waals surface area contributed by atoms with Crippen molar-refractivity contribution in [3.63, 3.8) is 0 Å². The summed E-state index contributed by atoms with van der Waals surface area (Å²) in [7, 11) is 0. The summed E-state index contributed by atoms with van der Waals surface area (Å²) in [5, 5.41) is 10.2. The molecule has 3 aromatic carbocycles. The number of rotatable bonds is 19. The minimum absolute atomic E-state index is 0.0724. The van der Waals surface area contributed by atoms with Gasteiger partial charge in [0.05, 0.1) is 12.2 Å². The highest BCUT2D eigenvalue weighted by molar-refractivity contribution is 5.96. The van der Waals surface area contributed by atoms with E-state index in [1.165, 1.54) is 43.9 Å². The first-order valence-corrected chi connectivity index (χ1v) is 15.1. The van der Waals surface area contributed by atoms with Crippen molar-refractivity contribution in [2.45, 2.75) is 71.6 Å². The van der Waals surface area contributed by atoms with Crippen LogP contribution in [0.5, 0.6) is 23.0 Å². The Hall–Kier alpha value is -4.33. The molecule has 3 rings (SSSR count). The molecule has 0 aromatic heterocycles. The minimum Gasteiger partial charge on any atom is -0.507 e. The van der Waals surface area contributed by atoms with Crippen LogP contribution in [-0.4, -0.2) is 42.6 Å². The maximum atomic E-state index is 12.7. The molecule has 0 radical (unpaired) electrons. The lowest BCUT2D eigenvalue weighted by Gasteiger charge is -2.10. The lowest BCUT2D eigenvalue weighted by atomic mass is 10.1. The Morgan fingerprint density at radius 3 is 1.86 bits per heavy atom. The van der Waals surface area contributed by atoms with Crippen LogP contribution < -0.4 is 14.2 Å². The van der Waals surface area contributed by atoms with Crippen LogP contribution in [0.25, 0.3) is 0 Å². The van der Waals surface area contributed by atoms with Crippen LogP contribution in [0.2, 0.25) is 0 Å². The van der Waals surface area contributed by atoms with Crippen LogP contribution in [0, 0.1) is 0 Å². The number of hydrogen-bond donors (Lipinski definition) is 1. The summed E-state index contributed by atoms with van der Waals surface area (Å²) < 4.78 is 22.0. The van der Waals surface area contributed by atoms with Gasteiger partial charge in [-0.3, -0.25) is 4.79 Å². The van der Waals surface area contributed by atoms with Crippen LogP contribution >= 0.6 is 0 Å². The summed E-state index contributed by atoms with van der Waals surface area (Å²) in [6, 6.07) is 17.4. The van der Waals surface area contributed by atoms with E-state index in [-0.39, 0.29) is 36.1 Å². The largest absolute Gasteiger partial charge is 0.507 e. The van der Waals surface area contributed by atoms with E-state index in [0.29, 0.717) is 35.7 Å². The van der Waals surface area contributed by atoms with Crippen molar-refractivity contribution in [2.75, 3.05) is 19.8 Å². The van der Waals surface area contributed by atoms with Crippen molar-refractivity contribution in [3.8, 4) is 23.0 Å². The molecule has 1 N–H and O–H groups in total. The summed E-state index contributed by atoms with van der Waals surface area (Å²) >= 11 is 0. The number of ether oxygens (including phenoxy) is 4. The summed E-state index contributed by atoms with van der Waals surface area (Å²) in [5.41, 5.74) is 0.812. The number of esters is 2. The molecule has 0 aliphatic rings. The molecule has 8 nitrogen and oxygen atoms in total. The average molecular weight is 591 g/mol. The van der Waals surface area contributed by atoms with Gasteiger partial charge in [-0.05, 0) is 79.6 Å². The lowest BCUT2D eigenvalue weighted by Crippen LogP contribution is -2.13. The van der Waals surface area contributed by atoms with E-state index in [9.17, 15) is 19.5 Å². The quantitative estimate of drug-likeness (QED) is 0.0648. The SMILES string of the molecule is CCCCCCCCOc1ccc(C(=O)Oc2ccc(O)c(C(=O)OCCOc3ccc(C(=O)CCCC)cc3)c2)cc1. The van der Waals surface area contributed by atoms with Gasteiger partial charge in [0.15, 0.2) is 5.78 Å². The topological polar surface area (TPSA) is 108 Å². The van der Waals surface area contributed by atoms with Gasteiger partial charge in [0.25, 0.3) is 0 Å². The van der Waals surface area contributed by atoms with E-state index in [1.54, 1.807) is 48.5 Å². The van der Waals surface area contributed by atoms with Crippen LogP contribution in [0.4, 0.5) is 0 Å². The van der Waals surface area contributed by atoms with Crippen LogP contribution in [0.1, 0.15) is 103 Å². The third kappa shape index (κ3) is 11.5. The van der Waals surface area contributed by atoms with E-state index < -0.39 is 11.9 Å². The Labute approximate surface area is 253 Å². The average Bonchev–Trinajstić information content (AvgIpc) is 3.02. The van der Waals surface area contributed by atoms with E-state index in [2.05, 4.69) is 6.92 Å². The molecule has 0 heterocycles. The Morgan fingerprint density at radius 1 is 0.605 bits per heavy atom. The van der Waals surface area contributed by atoms with Crippen molar-refractivity contribution in [3.05, 3.63) is 83.4 Å². The fraction of sp³-hybridized carbons (Fsp3) is 0.400. The number of benzene rings is 3. The van der Waals surface area contributed by atoms with Gasteiger partial charge in [-0.15, -0.1) is 0 Å². The Morgan fingerprint density at radius 2 is 1.19 bits per heavy atom. The molecule has 0 aliphatic heterocycles. The highest BCUT2D eigenvalue weighted by Gasteiger charge is 2.17. The predicted molar refractivity (Wildman–Crippen MR) is 164 cm³/mol. The lowest BCUT2D eigenvalue weighted by molar-refractivity contribution is 0.0445. The zero-order valence-corrected chi connectivity index (χ0v) is 25.1. The number of phenolic OH excluding ortho intramolecular Hbond substituents is 1. The molecule has 0 saturated heterocycles. The first-order valence-electron chi connectivity index (χ1n) is 15.1.